The maximum Gasteiger partial charge on any atom is 0.460 e. The maximum atomic E-state index is 13.5. The molecule has 1 heterocycles. The molecule has 1 aromatic heterocycles. The SMILES string of the molecule is Cc1c(C(=O)NC(C)(C)C)oc2c1/C(=N/NC(=O)C(F)(F)C(F)(F)C(F)(F)F)CCC2. The fourth-order valence-electron chi connectivity index (χ4n) is 2.90. The van der Waals surface area contributed by atoms with Crippen molar-refractivity contribution in [1.82, 2.24) is 10.7 Å². The van der Waals surface area contributed by atoms with Gasteiger partial charge in [-0.3, -0.25) is 9.59 Å². The zero-order valence-corrected chi connectivity index (χ0v) is 16.9. The number of fused-ring (bicyclic) bond motifs is 1. The largest absolute Gasteiger partial charge is 0.460 e. The average Bonchev–Trinajstić information content (AvgIpc) is 2.94. The number of nitrogens with zero attached hydrogens (tertiary/aromatic N) is 1. The molecular formula is C18H20F7N3O3. The normalized spacial score (nSPS) is 16.8. The van der Waals surface area contributed by atoms with Gasteiger partial charge >= 0.3 is 23.9 Å². The molecule has 0 atom stereocenters. The number of hydrogen-bond acceptors (Lipinski definition) is 4. The van der Waals surface area contributed by atoms with Gasteiger partial charge in [-0.05, 0) is 40.5 Å². The first-order valence-electron chi connectivity index (χ1n) is 9.04. The Bertz CT molecular complexity index is 912. The van der Waals surface area contributed by atoms with Crippen molar-refractivity contribution in [2.75, 3.05) is 0 Å². The Morgan fingerprint density at radius 3 is 2.10 bits per heavy atom. The van der Waals surface area contributed by atoms with Crippen LogP contribution in [0.2, 0.25) is 0 Å². The van der Waals surface area contributed by atoms with Crippen LogP contribution in [0.15, 0.2) is 9.52 Å². The quantitative estimate of drug-likeness (QED) is 0.525. The predicted molar refractivity (Wildman–Crippen MR) is 94.2 cm³/mol. The Hall–Kier alpha value is -2.60. The van der Waals surface area contributed by atoms with E-state index in [0.717, 1.165) is 5.43 Å². The van der Waals surface area contributed by atoms with Crippen LogP contribution >= 0.6 is 0 Å². The molecule has 1 aliphatic carbocycles. The molecule has 0 radical (unpaired) electrons. The van der Waals surface area contributed by atoms with Crippen LogP contribution in [0.3, 0.4) is 0 Å². The summed E-state index contributed by atoms with van der Waals surface area (Å²) >= 11 is 0. The first-order chi connectivity index (χ1) is 13.9. The molecule has 2 amide bonds. The van der Waals surface area contributed by atoms with Gasteiger partial charge in [-0.1, -0.05) is 0 Å². The first kappa shape index (κ1) is 24.7. The average molecular weight is 459 g/mol. The smallest absolute Gasteiger partial charge is 0.455 e. The van der Waals surface area contributed by atoms with Crippen LogP contribution in [0.25, 0.3) is 0 Å². The molecule has 0 bridgehead atoms. The molecule has 6 nitrogen and oxygen atoms in total. The van der Waals surface area contributed by atoms with Gasteiger partial charge in [-0.25, -0.2) is 5.43 Å². The lowest BCUT2D eigenvalue weighted by atomic mass is 9.93. The highest BCUT2D eigenvalue weighted by Crippen LogP contribution is 2.46. The molecule has 13 heteroatoms. The van der Waals surface area contributed by atoms with Crippen molar-refractivity contribution in [3.8, 4) is 0 Å². The van der Waals surface area contributed by atoms with Crippen molar-refractivity contribution in [2.45, 2.75) is 70.5 Å². The topological polar surface area (TPSA) is 83.7 Å². The van der Waals surface area contributed by atoms with E-state index < -0.39 is 35.4 Å². The number of hydrazone groups is 1. The highest BCUT2D eigenvalue weighted by Gasteiger charge is 2.76. The molecule has 1 aromatic rings. The Balaban J connectivity index is 2.33. The van der Waals surface area contributed by atoms with Crippen LogP contribution in [0.1, 0.15) is 61.1 Å². The van der Waals surface area contributed by atoms with E-state index in [-0.39, 0.29) is 34.8 Å². The molecule has 174 valence electrons. The molecule has 0 unspecified atom stereocenters. The number of halogens is 7. The summed E-state index contributed by atoms with van der Waals surface area (Å²) in [6, 6.07) is 0. The standard InChI is InChI=1S/C18H20F7N3O3/c1-8-11-9(27-28-14(30)16(19,20)17(21,22)18(23,24)25)6-5-7-10(11)31-12(8)13(29)26-15(2,3)4/h5-7H2,1-4H3,(H,26,29)(H,28,30)/b27-9+. The van der Waals surface area contributed by atoms with Gasteiger partial charge in [0.1, 0.15) is 5.76 Å². The summed E-state index contributed by atoms with van der Waals surface area (Å²) in [4.78, 5) is 23.8. The molecule has 0 saturated carbocycles. The van der Waals surface area contributed by atoms with Crippen molar-refractivity contribution in [1.29, 1.82) is 0 Å². The molecule has 0 fully saturated rings. The van der Waals surface area contributed by atoms with Crippen LogP contribution in [-0.2, 0) is 11.2 Å². The highest BCUT2D eigenvalue weighted by molar-refractivity contribution is 6.06. The second kappa shape index (κ2) is 7.83. The third-order valence-electron chi connectivity index (χ3n) is 4.35. The lowest BCUT2D eigenvalue weighted by Crippen LogP contribution is -2.58. The minimum absolute atomic E-state index is 0.0786. The fraction of sp³-hybridized carbons (Fsp3) is 0.611. The summed E-state index contributed by atoms with van der Waals surface area (Å²) in [7, 11) is 0. The van der Waals surface area contributed by atoms with Gasteiger partial charge in [-0.2, -0.15) is 35.8 Å². The molecular weight excluding hydrogens is 439 g/mol. The fourth-order valence-corrected chi connectivity index (χ4v) is 2.90. The van der Waals surface area contributed by atoms with E-state index in [1.54, 1.807) is 20.8 Å². The molecule has 2 rings (SSSR count). The number of furan rings is 1. The number of carbonyl (C=O) groups excluding carboxylic acids is 2. The number of alkyl halides is 7. The lowest BCUT2D eigenvalue weighted by Gasteiger charge is -2.26. The number of amides is 2. The molecule has 0 saturated heterocycles. The second-order valence-electron chi connectivity index (χ2n) is 8.06. The molecule has 31 heavy (non-hydrogen) atoms. The lowest BCUT2D eigenvalue weighted by molar-refractivity contribution is -0.344. The minimum atomic E-state index is -6.64. The predicted octanol–water partition coefficient (Wildman–Crippen LogP) is 4.11. The van der Waals surface area contributed by atoms with Gasteiger partial charge < -0.3 is 9.73 Å². The van der Waals surface area contributed by atoms with Crippen LogP contribution < -0.4 is 10.7 Å². The van der Waals surface area contributed by atoms with Crippen molar-refractivity contribution in [3.05, 3.63) is 22.6 Å². The molecule has 0 aromatic carbocycles. The summed E-state index contributed by atoms with van der Waals surface area (Å²) in [6.45, 7) is 6.64. The summed E-state index contributed by atoms with van der Waals surface area (Å²) < 4.78 is 95.2. The summed E-state index contributed by atoms with van der Waals surface area (Å²) in [5, 5.41) is 6.01. The Kier molecular flexibility index (Phi) is 6.23. The van der Waals surface area contributed by atoms with E-state index in [1.165, 1.54) is 6.92 Å². The third-order valence-corrected chi connectivity index (χ3v) is 4.35. The van der Waals surface area contributed by atoms with E-state index >= 15 is 0 Å². The first-order valence-corrected chi connectivity index (χ1v) is 9.04. The van der Waals surface area contributed by atoms with Crippen LogP contribution in [-0.4, -0.2) is 41.1 Å². The summed E-state index contributed by atoms with van der Waals surface area (Å²) in [5.74, 6) is -16.0. The molecule has 1 aliphatic rings. The van der Waals surface area contributed by atoms with Crippen molar-refractivity contribution >= 4 is 17.5 Å². The van der Waals surface area contributed by atoms with Crippen molar-refractivity contribution in [2.24, 2.45) is 5.10 Å². The van der Waals surface area contributed by atoms with Gasteiger partial charge in [0.25, 0.3) is 5.91 Å². The van der Waals surface area contributed by atoms with E-state index in [4.69, 9.17) is 4.42 Å². The Labute approximate surface area is 172 Å². The highest BCUT2D eigenvalue weighted by atomic mass is 19.4. The van der Waals surface area contributed by atoms with E-state index in [2.05, 4.69) is 10.4 Å². The Morgan fingerprint density at radius 2 is 1.58 bits per heavy atom. The number of carbonyl (C=O) groups is 2. The number of aryl methyl sites for hydroxylation is 1. The van der Waals surface area contributed by atoms with Gasteiger partial charge in [-0.15, -0.1) is 0 Å². The number of nitrogens with one attached hydrogen (secondary N) is 2. The van der Waals surface area contributed by atoms with Crippen LogP contribution in [0, 0.1) is 6.92 Å². The van der Waals surface area contributed by atoms with Crippen LogP contribution in [0.5, 0.6) is 0 Å². The van der Waals surface area contributed by atoms with Gasteiger partial charge in [0.15, 0.2) is 5.76 Å². The van der Waals surface area contributed by atoms with Gasteiger partial charge in [0, 0.05) is 23.1 Å². The number of hydrogen-bond donors (Lipinski definition) is 2. The molecule has 0 aliphatic heterocycles. The molecule has 0 spiro atoms. The van der Waals surface area contributed by atoms with Crippen molar-refractivity contribution < 1.29 is 44.7 Å². The monoisotopic (exact) mass is 459 g/mol. The molecule has 2 N–H and O–H groups in total. The van der Waals surface area contributed by atoms with Crippen LogP contribution in [0.4, 0.5) is 30.7 Å². The Morgan fingerprint density at radius 1 is 1.00 bits per heavy atom. The van der Waals surface area contributed by atoms with Gasteiger partial charge in [0.2, 0.25) is 0 Å². The summed E-state index contributed by atoms with van der Waals surface area (Å²) in [5.41, 5.74) is 0.872. The maximum absolute atomic E-state index is 13.5. The van der Waals surface area contributed by atoms with E-state index in [1.807, 2.05) is 0 Å². The van der Waals surface area contributed by atoms with E-state index in [0.29, 0.717) is 12.8 Å². The minimum Gasteiger partial charge on any atom is -0.455 e. The zero-order chi connectivity index (χ0) is 24.0. The third kappa shape index (κ3) is 4.69. The van der Waals surface area contributed by atoms with Crippen molar-refractivity contribution in [3.63, 3.8) is 0 Å². The van der Waals surface area contributed by atoms with E-state index in [9.17, 15) is 40.3 Å². The summed E-state index contributed by atoms with van der Waals surface area (Å²) in [6.07, 6.45) is -5.87. The van der Waals surface area contributed by atoms with Gasteiger partial charge in [0.05, 0.1) is 5.71 Å². The second-order valence-corrected chi connectivity index (χ2v) is 8.06. The zero-order valence-electron chi connectivity index (χ0n) is 16.9. The number of rotatable bonds is 4.